The number of hydrogen-bond acceptors (Lipinski definition) is 5. The number of aromatic nitrogens is 1. The highest BCUT2D eigenvalue weighted by Crippen LogP contribution is 2.33. The lowest BCUT2D eigenvalue weighted by Crippen LogP contribution is -2.39. The molecule has 31 heavy (non-hydrogen) atoms. The number of aryl methyl sites for hydroxylation is 2. The molecule has 0 aliphatic carbocycles. The van der Waals surface area contributed by atoms with Crippen molar-refractivity contribution >= 4 is 32.6 Å². The predicted octanol–water partition coefficient (Wildman–Crippen LogP) is 4.35. The first-order chi connectivity index (χ1) is 15.0. The van der Waals surface area contributed by atoms with Gasteiger partial charge in [0.15, 0.2) is 5.13 Å². The molecule has 0 N–H and O–H groups in total. The van der Waals surface area contributed by atoms with Gasteiger partial charge >= 0.3 is 0 Å². The number of anilines is 1. The van der Waals surface area contributed by atoms with E-state index in [1.807, 2.05) is 11.8 Å². The Morgan fingerprint density at radius 3 is 2.55 bits per heavy atom. The van der Waals surface area contributed by atoms with E-state index in [0.717, 1.165) is 65.7 Å². The molecule has 0 unspecified atom stereocenters. The van der Waals surface area contributed by atoms with Gasteiger partial charge in [-0.1, -0.05) is 35.6 Å². The van der Waals surface area contributed by atoms with Gasteiger partial charge in [0.2, 0.25) is 5.91 Å². The molecule has 2 heterocycles. The van der Waals surface area contributed by atoms with E-state index in [1.165, 1.54) is 17.7 Å². The van der Waals surface area contributed by atoms with Crippen molar-refractivity contribution in [2.24, 2.45) is 0 Å². The van der Waals surface area contributed by atoms with E-state index in [9.17, 15) is 9.18 Å². The molecule has 0 bridgehead atoms. The van der Waals surface area contributed by atoms with Gasteiger partial charge in [-0.2, -0.15) is 0 Å². The molecule has 2 aromatic carbocycles. The lowest BCUT2D eigenvalue weighted by Gasteiger charge is -2.27. The fourth-order valence-corrected chi connectivity index (χ4v) is 5.00. The number of nitrogens with zero attached hydrogens (tertiary/aromatic N) is 3. The van der Waals surface area contributed by atoms with Crippen LogP contribution in [0.2, 0.25) is 0 Å². The number of carbonyl (C=O) groups is 1. The van der Waals surface area contributed by atoms with Crippen LogP contribution in [0.25, 0.3) is 10.2 Å². The number of fused-ring (bicyclic) bond motifs is 1. The zero-order chi connectivity index (χ0) is 21.8. The zero-order valence-electron chi connectivity index (χ0n) is 18.1. The molecule has 1 aromatic heterocycles. The van der Waals surface area contributed by atoms with Gasteiger partial charge in [-0.15, -0.1) is 0 Å². The third-order valence-corrected chi connectivity index (χ3v) is 6.90. The van der Waals surface area contributed by atoms with E-state index in [1.54, 1.807) is 23.5 Å². The van der Waals surface area contributed by atoms with E-state index in [-0.39, 0.29) is 18.1 Å². The van der Waals surface area contributed by atoms with Crippen molar-refractivity contribution in [3.8, 4) is 0 Å². The molecule has 1 aliphatic heterocycles. The molecule has 0 spiro atoms. The van der Waals surface area contributed by atoms with Gasteiger partial charge in [0.25, 0.3) is 0 Å². The summed E-state index contributed by atoms with van der Waals surface area (Å²) in [6.45, 7) is 9.06. The number of thiazole rings is 1. The minimum atomic E-state index is -0.296. The monoisotopic (exact) mass is 441 g/mol. The number of carbonyl (C=O) groups excluding carboxylic acids is 1. The molecule has 0 atom stereocenters. The summed E-state index contributed by atoms with van der Waals surface area (Å²) >= 11 is 1.57. The van der Waals surface area contributed by atoms with Crippen molar-refractivity contribution in [2.75, 3.05) is 44.3 Å². The summed E-state index contributed by atoms with van der Waals surface area (Å²) < 4.78 is 19.8. The van der Waals surface area contributed by atoms with Crippen LogP contribution >= 0.6 is 11.3 Å². The van der Waals surface area contributed by atoms with Crippen LogP contribution in [0, 0.1) is 19.7 Å². The summed E-state index contributed by atoms with van der Waals surface area (Å²) in [4.78, 5) is 22.3. The molecule has 3 aromatic rings. The molecule has 4 rings (SSSR count). The van der Waals surface area contributed by atoms with E-state index in [2.05, 4.69) is 24.0 Å². The first kappa shape index (κ1) is 21.9. The molecule has 5 nitrogen and oxygen atoms in total. The van der Waals surface area contributed by atoms with Crippen LogP contribution in [0.3, 0.4) is 0 Å². The Morgan fingerprint density at radius 1 is 1.13 bits per heavy atom. The number of hydrogen-bond donors (Lipinski definition) is 0. The normalized spacial score (nSPS) is 14.8. The van der Waals surface area contributed by atoms with Gasteiger partial charge in [-0.3, -0.25) is 14.6 Å². The summed E-state index contributed by atoms with van der Waals surface area (Å²) in [5.41, 5.74) is 4.05. The third-order valence-electron chi connectivity index (χ3n) is 5.69. The maximum absolute atomic E-state index is 13.3. The van der Waals surface area contributed by atoms with Crippen LogP contribution in [0.5, 0.6) is 0 Å². The lowest BCUT2D eigenvalue weighted by atomic mass is 10.1. The predicted molar refractivity (Wildman–Crippen MR) is 123 cm³/mol. The quantitative estimate of drug-likeness (QED) is 0.547. The Kier molecular flexibility index (Phi) is 6.95. The molecule has 7 heteroatoms. The van der Waals surface area contributed by atoms with E-state index in [4.69, 9.17) is 9.72 Å². The van der Waals surface area contributed by atoms with Crippen LogP contribution < -0.4 is 4.90 Å². The number of rotatable bonds is 7. The fraction of sp³-hybridized carbons (Fsp3) is 0.417. The Hall–Kier alpha value is -2.35. The van der Waals surface area contributed by atoms with Gasteiger partial charge < -0.3 is 4.74 Å². The minimum Gasteiger partial charge on any atom is -0.379 e. The summed E-state index contributed by atoms with van der Waals surface area (Å²) in [6.07, 6.45) is 1.09. The maximum Gasteiger partial charge on any atom is 0.233 e. The van der Waals surface area contributed by atoms with Crippen LogP contribution in [-0.2, 0) is 16.0 Å². The van der Waals surface area contributed by atoms with Gasteiger partial charge in [-0.25, -0.2) is 9.37 Å². The summed E-state index contributed by atoms with van der Waals surface area (Å²) in [5.74, 6) is -0.307. The van der Waals surface area contributed by atoms with E-state index >= 15 is 0 Å². The van der Waals surface area contributed by atoms with Gasteiger partial charge in [0, 0.05) is 26.2 Å². The smallest absolute Gasteiger partial charge is 0.233 e. The average Bonchev–Trinajstić information content (AvgIpc) is 3.22. The van der Waals surface area contributed by atoms with Gasteiger partial charge in [0.05, 0.1) is 29.9 Å². The number of ether oxygens (including phenoxy) is 1. The molecule has 164 valence electrons. The maximum atomic E-state index is 13.3. The van der Waals surface area contributed by atoms with Crippen LogP contribution in [-0.4, -0.2) is 55.2 Å². The third kappa shape index (κ3) is 5.29. The van der Waals surface area contributed by atoms with Crippen LogP contribution in [0.1, 0.15) is 23.1 Å². The number of amides is 1. The first-order valence-electron chi connectivity index (χ1n) is 10.7. The van der Waals surface area contributed by atoms with Gasteiger partial charge in [0.1, 0.15) is 5.82 Å². The Bertz CT molecular complexity index is 1010. The second kappa shape index (κ2) is 9.85. The standard InChI is InChI=1S/C24H28FN3O2S/c1-17-4-5-18(2)23-22(17)26-24(31-23)28(11-3-10-27-12-14-30-15-13-27)21(29)16-19-6-8-20(25)9-7-19/h4-9H,3,10-16H2,1-2H3. The Balaban J connectivity index is 1.55. The SMILES string of the molecule is Cc1ccc(C)c2sc(N(CCCN3CCOCC3)C(=O)Cc3ccc(F)cc3)nc12. The molecule has 1 fully saturated rings. The zero-order valence-corrected chi connectivity index (χ0v) is 18.9. The first-order valence-corrected chi connectivity index (χ1v) is 11.5. The van der Waals surface area contributed by atoms with Crippen molar-refractivity contribution in [3.63, 3.8) is 0 Å². The van der Waals surface area contributed by atoms with Crippen molar-refractivity contribution in [1.29, 1.82) is 0 Å². The average molecular weight is 442 g/mol. The molecule has 0 radical (unpaired) electrons. The number of halogens is 1. The highest BCUT2D eigenvalue weighted by atomic mass is 32.1. The minimum absolute atomic E-state index is 0.0112. The number of benzene rings is 2. The van der Waals surface area contributed by atoms with E-state index < -0.39 is 0 Å². The van der Waals surface area contributed by atoms with Crippen molar-refractivity contribution < 1.29 is 13.9 Å². The second-order valence-corrected chi connectivity index (χ2v) is 9.01. The second-order valence-electron chi connectivity index (χ2n) is 8.03. The summed E-state index contributed by atoms with van der Waals surface area (Å²) in [6, 6.07) is 10.3. The molecule has 1 amide bonds. The van der Waals surface area contributed by atoms with Crippen molar-refractivity contribution in [3.05, 3.63) is 58.9 Å². The Labute approximate surface area is 186 Å². The molecular formula is C24H28FN3O2S. The van der Waals surface area contributed by atoms with Gasteiger partial charge in [-0.05, 0) is 49.1 Å². The van der Waals surface area contributed by atoms with Crippen molar-refractivity contribution in [1.82, 2.24) is 9.88 Å². The lowest BCUT2D eigenvalue weighted by molar-refractivity contribution is -0.118. The Morgan fingerprint density at radius 2 is 1.84 bits per heavy atom. The molecule has 1 aliphatic rings. The highest BCUT2D eigenvalue weighted by Gasteiger charge is 2.22. The topological polar surface area (TPSA) is 45.7 Å². The number of morpholine rings is 1. The highest BCUT2D eigenvalue weighted by molar-refractivity contribution is 7.22. The summed E-state index contributed by atoms with van der Waals surface area (Å²) in [7, 11) is 0. The largest absolute Gasteiger partial charge is 0.379 e. The molecule has 0 saturated carbocycles. The van der Waals surface area contributed by atoms with Crippen LogP contribution in [0.15, 0.2) is 36.4 Å². The summed E-state index contributed by atoms with van der Waals surface area (Å²) in [5, 5.41) is 0.737. The van der Waals surface area contributed by atoms with Crippen molar-refractivity contribution in [2.45, 2.75) is 26.7 Å². The molecule has 1 saturated heterocycles. The van der Waals surface area contributed by atoms with E-state index in [0.29, 0.717) is 6.54 Å². The fourth-order valence-electron chi connectivity index (χ4n) is 3.84. The van der Waals surface area contributed by atoms with Crippen LogP contribution in [0.4, 0.5) is 9.52 Å². The molecular weight excluding hydrogens is 413 g/mol.